The smallest absolute Gasteiger partial charge is 0.338 e. The number of allylic oxidation sites excluding steroid dienone is 1. The molecule has 1 atom stereocenters. The van der Waals surface area contributed by atoms with Crippen LogP contribution in [0.15, 0.2) is 62.8 Å². The molecule has 32 heavy (non-hydrogen) atoms. The maximum absolute atomic E-state index is 13.5. The van der Waals surface area contributed by atoms with E-state index in [1.54, 1.807) is 18.4 Å². The van der Waals surface area contributed by atoms with E-state index >= 15 is 0 Å². The van der Waals surface area contributed by atoms with Gasteiger partial charge in [-0.1, -0.05) is 36.5 Å². The zero-order valence-corrected chi connectivity index (χ0v) is 19.8. The molecule has 0 spiro atoms. The molecule has 6 nitrogen and oxygen atoms in total. The Hall–Kier alpha value is -2.97. The minimum Gasteiger partial charge on any atom is -0.494 e. The summed E-state index contributed by atoms with van der Waals surface area (Å²) in [4.78, 5) is 32.3. The van der Waals surface area contributed by atoms with Gasteiger partial charge in [0.1, 0.15) is 11.8 Å². The molecule has 2 aromatic heterocycles. The molecule has 0 aliphatic carbocycles. The molecule has 1 aliphatic heterocycles. The van der Waals surface area contributed by atoms with Gasteiger partial charge in [0.15, 0.2) is 4.80 Å². The van der Waals surface area contributed by atoms with Crippen molar-refractivity contribution in [3.63, 3.8) is 0 Å². The van der Waals surface area contributed by atoms with E-state index < -0.39 is 12.0 Å². The van der Waals surface area contributed by atoms with Crippen molar-refractivity contribution >= 4 is 34.7 Å². The molecule has 8 heteroatoms. The molecular weight excluding hydrogens is 444 g/mol. The number of hydrogen-bond donors (Lipinski definition) is 0. The van der Waals surface area contributed by atoms with Gasteiger partial charge in [-0.05, 0) is 55.5 Å². The maximum atomic E-state index is 13.5. The number of rotatable bonds is 7. The highest BCUT2D eigenvalue weighted by Crippen LogP contribution is 2.33. The van der Waals surface area contributed by atoms with Gasteiger partial charge in [-0.3, -0.25) is 9.36 Å². The first-order chi connectivity index (χ1) is 15.5. The molecule has 0 saturated heterocycles. The largest absolute Gasteiger partial charge is 0.494 e. The zero-order valence-electron chi connectivity index (χ0n) is 18.2. The van der Waals surface area contributed by atoms with Gasteiger partial charge in [-0.15, -0.1) is 11.3 Å². The first kappa shape index (κ1) is 22.2. The molecule has 0 unspecified atom stereocenters. The summed E-state index contributed by atoms with van der Waals surface area (Å²) in [5.74, 6) is 0.363. The molecular formula is C24H24N2O4S2. The fraction of sp³-hybridized carbons (Fsp3) is 0.292. The monoisotopic (exact) mass is 468 g/mol. The lowest BCUT2D eigenvalue weighted by molar-refractivity contribution is -0.139. The Kier molecular flexibility index (Phi) is 6.72. The second-order valence-corrected chi connectivity index (χ2v) is 9.22. The van der Waals surface area contributed by atoms with Crippen LogP contribution < -0.4 is 19.6 Å². The number of esters is 1. The molecule has 4 rings (SSSR count). The van der Waals surface area contributed by atoms with Gasteiger partial charge in [0.25, 0.3) is 5.56 Å². The van der Waals surface area contributed by atoms with Crippen LogP contribution in [0.2, 0.25) is 0 Å². The summed E-state index contributed by atoms with van der Waals surface area (Å²) in [5, 5.41) is 1.94. The van der Waals surface area contributed by atoms with Crippen LogP contribution in [0.3, 0.4) is 0 Å². The number of ether oxygens (including phenoxy) is 2. The van der Waals surface area contributed by atoms with E-state index in [9.17, 15) is 9.59 Å². The average molecular weight is 469 g/mol. The van der Waals surface area contributed by atoms with Crippen LogP contribution in [-0.2, 0) is 9.53 Å². The van der Waals surface area contributed by atoms with Crippen molar-refractivity contribution in [2.45, 2.75) is 33.2 Å². The number of carbonyl (C=O) groups excluding carboxylic acids is 1. The van der Waals surface area contributed by atoms with Crippen LogP contribution in [0.1, 0.15) is 43.7 Å². The number of thiophene rings is 1. The summed E-state index contributed by atoms with van der Waals surface area (Å²) in [7, 11) is 0. The highest BCUT2D eigenvalue weighted by atomic mass is 32.1. The fourth-order valence-corrected chi connectivity index (χ4v) is 5.41. The molecule has 0 bridgehead atoms. The highest BCUT2D eigenvalue weighted by molar-refractivity contribution is 7.10. The van der Waals surface area contributed by atoms with Gasteiger partial charge in [-0.25, -0.2) is 9.79 Å². The van der Waals surface area contributed by atoms with Gasteiger partial charge >= 0.3 is 5.97 Å². The van der Waals surface area contributed by atoms with Gasteiger partial charge < -0.3 is 9.47 Å². The summed E-state index contributed by atoms with van der Waals surface area (Å²) in [6, 6.07) is 10.9. The molecule has 1 aromatic carbocycles. The summed E-state index contributed by atoms with van der Waals surface area (Å²) >= 11 is 2.82. The van der Waals surface area contributed by atoms with Gasteiger partial charge in [0.2, 0.25) is 0 Å². The Bertz CT molecular complexity index is 1320. The number of thiazole rings is 1. The summed E-state index contributed by atoms with van der Waals surface area (Å²) in [6.45, 7) is 6.55. The predicted molar refractivity (Wildman–Crippen MR) is 127 cm³/mol. The second kappa shape index (κ2) is 9.67. The topological polar surface area (TPSA) is 69.9 Å². The molecule has 3 aromatic rings. The zero-order chi connectivity index (χ0) is 22.7. The van der Waals surface area contributed by atoms with Crippen LogP contribution in [0.4, 0.5) is 0 Å². The van der Waals surface area contributed by atoms with E-state index in [1.165, 1.54) is 22.7 Å². The van der Waals surface area contributed by atoms with Crippen molar-refractivity contribution in [1.82, 2.24) is 4.57 Å². The third-order valence-corrected chi connectivity index (χ3v) is 6.89. The van der Waals surface area contributed by atoms with E-state index in [2.05, 4.69) is 11.9 Å². The first-order valence-corrected chi connectivity index (χ1v) is 12.2. The van der Waals surface area contributed by atoms with Gasteiger partial charge in [0.05, 0.1) is 29.0 Å². The number of hydrogen-bond acceptors (Lipinski definition) is 7. The number of fused-ring (bicyclic) bond motifs is 1. The Morgan fingerprint density at radius 3 is 2.66 bits per heavy atom. The summed E-state index contributed by atoms with van der Waals surface area (Å²) < 4.78 is 13.1. The number of aromatic nitrogens is 1. The predicted octanol–water partition coefficient (Wildman–Crippen LogP) is 3.65. The van der Waals surface area contributed by atoms with Crippen LogP contribution in [-0.4, -0.2) is 23.8 Å². The number of nitrogens with zero attached hydrogens (tertiary/aromatic N) is 2. The molecule has 166 valence electrons. The molecule has 0 radical (unpaired) electrons. The Morgan fingerprint density at radius 1 is 1.22 bits per heavy atom. The molecule has 3 heterocycles. The maximum Gasteiger partial charge on any atom is 0.338 e. The molecule has 0 fully saturated rings. The highest BCUT2D eigenvalue weighted by Gasteiger charge is 2.33. The van der Waals surface area contributed by atoms with Crippen molar-refractivity contribution in [3.8, 4) is 5.75 Å². The fourth-order valence-electron chi connectivity index (χ4n) is 3.54. The van der Waals surface area contributed by atoms with Crippen molar-refractivity contribution in [3.05, 3.63) is 83.2 Å². The van der Waals surface area contributed by atoms with Crippen molar-refractivity contribution in [2.24, 2.45) is 4.99 Å². The number of carbonyl (C=O) groups is 1. The van der Waals surface area contributed by atoms with Crippen LogP contribution in [0.25, 0.3) is 6.08 Å². The van der Waals surface area contributed by atoms with Crippen LogP contribution >= 0.6 is 22.7 Å². The molecule has 0 amide bonds. The third-order valence-electron chi connectivity index (χ3n) is 4.98. The number of benzene rings is 1. The SMILES string of the molecule is CCCOc1ccc(/C=c2\sc3n(c2=O)[C@@H](c2cccs2)C(C(=O)OCC)=C(C)N=3)cc1. The van der Waals surface area contributed by atoms with E-state index in [0.717, 1.165) is 22.6 Å². The lowest BCUT2D eigenvalue weighted by Crippen LogP contribution is -2.39. The second-order valence-electron chi connectivity index (χ2n) is 7.24. The lowest BCUT2D eigenvalue weighted by Gasteiger charge is -2.23. The minimum absolute atomic E-state index is 0.173. The standard InChI is InChI=1S/C24H24N2O4S2/c1-4-12-30-17-10-8-16(9-11-17)14-19-22(27)26-21(18-7-6-13-31-18)20(23(28)29-5-2)15(3)25-24(26)32-19/h6-11,13-14,21H,4-5,12H2,1-3H3/b19-14-/t21-/m0/s1. The van der Waals surface area contributed by atoms with Crippen molar-refractivity contribution < 1.29 is 14.3 Å². The first-order valence-electron chi connectivity index (χ1n) is 10.5. The molecule has 0 N–H and O–H groups in total. The lowest BCUT2D eigenvalue weighted by atomic mass is 10.0. The van der Waals surface area contributed by atoms with Gasteiger partial charge in [-0.2, -0.15) is 0 Å². The van der Waals surface area contributed by atoms with Crippen molar-refractivity contribution in [2.75, 3.05) is 13.2 Å². The average Bonchev–Trinajstić information content (AvgIpc) is 3.41. The van der Waals surface area contributed by atoms with Crippen LogP contribution in [0, 0.1) is 0 Å². The van der Waals surface area contributed by atoms with Crippen LogP contribution in [0.5, 0.6) is 5.75 Å². The van der Waals surface area contributed by atoms with Gasteiger partial charge in [0, 0.05) is 4.88 Å². The summed E-state index contributed by atoms with van der Waals surface area (Å²) in [5.41, 5.74) is 1.71. The Labute approximate surface area is 193 Å². The minimum atomic E-state index is -0.544. The van der Waals surface area contributed by atoms with E-state index in [0.29, 0.717) is 27.2 Å². The molecule has 1 aliphatic rings. The van der Waals surface area contributed by atoms with E-state index in [-0.39, 0.29) is 12.2 Å². The summed E-state index contributed by atoms with van der Waals surface area (Å²) in [6.07, 6.45) is 2.80. The van der Waals surface area contributed by atoms with Crippen molar-refractivity contribution in [1.29, 1.82) is 0 Å². The van der Waals surface area contributed by atoms with E-state index in [4.69, 9.17) is 9.47 Å². The third kappa shape index (κ3) is 4.33. The quantitative estimate of drug-likeness (QED) is 0.497. The normalized spacial score (nSPS) is 16.0. The van der Waals surface area contributed by atoms with E-state index in [1.807, 2.05) is 47.9 Å². The Morgan fingerprint density at radius 2 is 2.00 bits per heavy atom. The molecule has 0 saturated carbocycles. The Balaban J connectivity index is 1.81.